The summed E-state index contributed by atoms with van der Waals surface area (Å²) in [7, 11) is 1.68. The lowest BCUT2D eigenvalue weighted by Crippen LogP contribution is -2.61. The Hall–Kier alpha value is -2.74. The largest absolute Gasteiger partial charge is 0.497 e. The molecule has 184 valence electrons. The van der Waals surface area contributed by atoms with E-state index in [0.29, 0.717) is 17.7 Å². The predicted octanol–water partition coefficient (Wildman–Crippen LogP) is 5.74. The van der Waals surface area contributed by atoms with Crippen molar-refractivity contribution in [2.75, 3.05) is 12.9 Å². The zero-order chi connectivity index (χ0) is 24.0. The highest BCUT2D eigenvalue weighted by atomic mass is 32.2. The number of hydrogen-bond acceptors (Lipinski definition) is 7. The highest BCUT2D eigenvalue weighted by Gasteiger charge is 2.54. The Morgan fingerprint density at radius 2 is 1.89 bits per heavy atom. The third-order valence-electron chi connectivity index (χ3n) is 8.17. The Balaban J connectivity index is 1.23. The van der Waals surface area contributed by atoms with Crippen molar-refractivity contribution in [1.29, 1.82) is 0 Å². The highest BCUT2D eigenvalue weighted by Crippen LogP contribution is 2.58. The van der Waals surface area contributed by atoms with E-state index < -0.39 is 0 Å². The first kappa shape index (κ1) is 22.7. The van der Waals surface area contributed by atoms with Gasteiger partial charge >= 0.3 is 0 Å². The van der Waals surface area contributed by atoms with E-state index in [1.807, 2.05) is 31.2 Å². The fourth-order valence-electron chi connectivity index (χ4n) is 7.05. The lowest BCUT2D eigenvalue weighted by atomic mass is 9.52. The van der Waals surface area contributed by atoms with Gasteiger partial charge in [-0.3, -0.25) is 4.79 Å². The molecular formula is C27H31N3O4S. The van der Waals surface area contributed by atoms with Crippen LogP contribution in [0.3, 0.4) is 0 Å². The van der Waals surface area contributed by atoms with E-state index >= 15 is 0 Å². The molecule has 0 N–H and O–H groups in total. The van der Waals surface area contributed by atoms with Crippen molar-refractivity contribution in [2.45, 2.75) is 62.8 Å². The van der Waals surface area contributed by atoms with Gasteiger partial charge in [-0.25, -0.2) is 0 Å². The van der Waals surface area contributed by atoms with Gasteiger partial charge < -0.3 is 18.5 Å². The maximum atomic E-state index is 13.8. The van der Waals surface area contributed by atoms with Gasteiger partial charge in [-0.15, -0.1) is 10.2 Å². The van der Waals surface area contributed by atoms with Gasteiger partial charge in [-0.1, -0.05) is 23.9 Å². The number of aryl methyl sites for hydroxylation is 1. The minimum Gasteiger partial charge on any atom is -0.497 e. The Bertz CT molecular complexity index is 1180. The van der Waals surface area contributed by atoms with Crippen LogP contribution in [0.15, 0.2) is 50.7 Å². The Kier molecular flexibility index (Phi) is 5.87. The van der Waals surface area contributed by atoms with Gasteiger partial charge in [0.2, 0.25) is 5.91 Å². The van der Waals surface area contributed by atoms with Crippen LogP contribution < -0.4 is 4.74 Å². The van der Waals surface area contributed by atoms with E-state index in [1.165, 1.54) is 31.0 Å². The minimum absolute atomic E-state index is 0.0383. The number of carbonyl (C=O) groups excluding carboxylic acids is 1. The summed E-state index contributed by atoms with van der Waals surface area (Å²) in [4.78, 5) is 16.0. The number of rotatable bonds is 8. The van der Waals surface area contributed by atoms with E-state index in [2.05, 4.69) is 21.2 Å². The number of amides is 1. The molecule has 2 heterocycles. The van der Waals surface area contributed by atoms with Crippen LogP contribution in [0.2, 0.25) is 0 Å². The summed E-state index contributed by atoms with van der Waals surface area (Å²) in [6, 6.07) is 9.90. The fourth-order valence-corrected chi connectivity index (χ4v) is 7.69. The predicted molar refractivity (Wildman–Crippen MR) is 132 cm³/mol. The van der Waals surface area contributed by atoms with Gasteiger partial charge in [-0.05, 0) is 87.0 Å². The van der Waals surface area contributed by atoms with Gasteiger partial charge in [0, 0.05) is 12.1 Å². The summed E-state index contributed by atoms with van der Waals surface area (Å²) in [5, 5.41) is 8.71. The highest BCUT2D eigenvalue weighted by molar-refractivity contribution is 7.99. The molecule has 1 aromatic carbocycles. The topological polar surface area (TPSA) is 81.6 Å². The van der Waals surface area contributed by atoms with E-state index in [0.717, 1.165) is 59.7 Å². The summed E-state index contributed by atoms with van der Waals surface area (Å²) < 4.78 is 16.6. The molecular weight excluding hydrogens is 462 g/mol. The monoisotopic (exact) mass is 493 g/mol. The molecule has 4 aliphatic carbocycles. The van der Waals surface area contributed by atoms with Crippen molar-refractivity contribution >= 4 is 17.7 Å². The number of aromatic nitrogens is 2. The summed E-state index contributed by atoms with van der Waals surface area (Å²) in [6.45, 7) is 2.46. The summed E-state index contributed by atoms with van der Waals surface area (Å²) in [5.74, 6) is 4.65. The average molecular weight is 494 g/mol. The van der Waals surface area contributed by atoms with Crippen molar-refractivity contribution in [3.63, 3.8) is 0 Å². The van der Waals surface area contributed by atoms with E-state index in [9.17, 15) is 4.79 Å². The molecule has 4 aliphatic rings. The number of benzene rings is 1. The van der Waals surface area contributed by atoms with Crippen LogP contribution >= 0.6 is 11.8 Å². The molecule has 7 rings (SSSR count). The first-order valence-electron chi connectivity index (χ1n) is 12.5. The maximum absolute atomic E-state index is 13.8. The molecule has 2 aromatic heterocycles. The van der Waals surface area contributed by atoms with Crippen molar-refractivity contribution in [3.05, 3.63) is 47.9 Å². The first-order chi connectivity index (χ1) is 17.0. The van der Waals surface area contributed by atoms with E-state index in [1.54, 1.807) is 13.4 Å². The standard InChI is InChI=1S/C27H31N3O4S/c1-17-23(6-7-33-17)25-28-29-26(34-25)35-16-24(31)30(15-18-4-3-5-22(11-18)32-2)27-12-19-8-20(13-27)10-21(9-19)14-27/h3-7,11,19-21H,8-10,12-16H2,1-2H3. The number of methoxy groups -OCH3 is 1. The second-order valence-corrected chi connectivity index (χ2v) is 11.5. The van der Waals surface area contributed by atoms with Crippen molar-refractivity contribution in [1.82, 2.24) is 15.1 Å². The molecule has 0 atom stereocenters. The molecule has 0 saturated heterocycles. The van der Waals surface area contributed by atoms with Crippen LogP contribution in [-0.4, -0.2) is 39.4 Å². The normalized spacial score (nSPS) is 26.7. The van der Waals surface area contributed by atoms with Crippen molar-refractivity contribution in [3.8, 4) is 17.2 Å². The van der Waals surface area contributed by atoms with E-state index in [4.69, 9.17) is 13.6 Å². The van der Waals surface area contributed by atoms with Crippen LogP contribution in [0, 0.1) is 24.7 Å². The minimum atomic E-state index is -0.0383. The average Bonchev–Trinajstić information content (AvgIpc) is 3.49. The van der Waals surface area contributed by atoms with Crippen molar-refractivity contribution < 1.29 is 18.4 Å². The number of hydrogen-bond donors (Lipinski definition) is 0. The van der Waals surface area contributed by atoms with Gasteiger partial charge in [0.05, 0.1) is 24.7 Å². The number of nitrogens with zero attached hydrogens (tertiary/aromatic N) is 3. The van der Waals surface area contributed by atoms with E-state index in [-0.39, 0.29) is 17.2 Å². The molecule has 1 amide bonds. The number of thioether (sulfide) groups is 1. The van der Waals surface area contributed by atoms with Gasteiger partial charge in [0.1, 0.15) is 11.5 Å². The molecule has 0 radical (unpaired) electrons. The number of ether oxygens (including phenoxy) is 1. The summed E-state index contributed by atoms with van der Waals surface area (Å²) >= 11 is 1.32. The molecule has 4 saturated carbocycles. The van der Waals surface area contributed by atoms with Crippen LogP contribution in [0.25, 0.3) is 11.5 Å². The third kappa shape index (κ3) is 4.37. The van der Waals surface area contributed by atoms with Gasteiger partial charge in [-0.2, -0.15) is 0 Å². The second kappa shape index (κ2) is 9.04. The molecule has 4 bridgehead atoms. The quantitative estimate of drug-likeness (QED) is 0.370. The van der Waals surface area contributed by atoms with Crippen LogP contribution in [0.4, 0.5) is 0 Å². The molecule has 0 spiro atoms. The molecule has 0 aliphatic heterocycles. The van der Waals surface area contributed by atoms with Gasteiger partial charge in [0.25, 0.3) is 11.1 Å². The zero-order valence-electron chi connectivity index (χ0n) is 20.2. The lowest BCUT2D eigenvalue weighted by Gasteiger charge is -2.60. The molecule has 3 aromatic rings. The Morgan fingerprint density at radius 3 is 2.54 bits per heavy atom. The summed E-state index contributed by atoms with van der Waals surface area (Å²) in [6.07, 6.45) is 9.01. The summed E-state index contributed by atoms with van der Waals surface area (Å²) in [5.41, 5.74) is 1.85. The Morgan fingerprint density at radius 1 is 1.14 bits per heavy atom. The molecule has 0 unspecified atom stereocenters. The SMILES string of the molecule is COc1cccc(CN(C(=O)CSc2nnc(-c3ccoc3C)o2)C23CC4CC(CC(C4)C2)C3)c1. The molecule has 4 fully saturated rings. The Labute approximate surface area is 209 Å². The molecule has 8 heteroatoms. The lowest BCUT2D eigenvalue weighted by molar-refractivity contribution is -0.149. The van der Waals surface area contributed by atoms with Crippen LogP contribution in [-0.2, 0) is 11.3 Å². The maximum Gasteiger partial charge on any atom is 0.277 e. The van der Waals surface area contributed by atoms with Gasteiger partial charge in [0.15, 0.2) is 0 Å². The number of furan rings is 1. The zero-order valence-corrected chi connectivity index (χ0v) is 21.1. The molecule has 7 nitrogen and oxygen atoms in total. The van der Waals surface area contributed by atoms with Crippen LogP contribution in [0.1, 0.15) is 49.8 Å². The fraction of sp³-hybridized carbons (Fsp3) is 0.519. The van der Waals surface area contributed by atoms with Crippen molar-refractivity contribution in [2.24, 2.45) is 17.8 Å². The third-order valence-corrected chi connectivity index (χ3v) is 8.97. The number of carbonyl (C=O) groups is 1. The van der Waals surface area contributed by atoms with Crippen LogP contribution in [0.5, 0.6) is 5.75 Å². The second-order valence-electron chi connectivity index (χ2n) is 10.5. The molecule has 35 heavy (non-hydrogen) atoms. The first-order valence-corrected chi connectivity index (χ1v) is 13.4. The smallest absolute Gasteiger partial charge is 0.277 e.